The molecule has 0 radical (unpaired) electrons. The van der Waals surface area contributed by atoms with Crippen LogP contribution in [0.15, 0.2) is 54.6 Å². The fourth-order valence-electron chi connectivity index (χ4n) is 2.23. The molecule has 21 heavy (non-hydrogen) atoms. The molecule has 0 unspecified atom stereocenters. The highest BCUT2D eigenvalue weighted by Crippen LogP contribution is 2.17. The van der Waals surface area contributed by atoms with E-state index in [0.29, 0.717) is 17.3 Å². The number of hydrogen-bond donors (Lipinski definition) is 1. The maximum atomic E-state index is 9.45. The van der Waals surface area contributed by atoms with Crippen LogP contribution < -0.4 is 0 Å². The lowest BCUT2D eigenvalue weighted by atomic mass is 10.1. The van der Waals surface area contributed by atoms with Gasteiger partial charge in [0.25, 0.3) is 0 Å². The van der Waals surface area contributed by atoms with E-state index in [1.54, 1.807) is 0 Å². The number of nitrogens with zero attached hydrogens (tertiary/aromatic N) is 3. The molecule has 5 heteroatoms. The minimum atomic E-state index is -0.150. The zero-order valence-corrected chi connectivity index (χ0v) is 12.0. The van der Waals surface area contributed by atoms with Crippen molar-refractivity contribution in [1.82, 2.24) is 14.8 Å². The fourth-order valence-corrected chi connectivity index (χ4v) is 2.36. The van der Waals surface area contributed by atoms with Crippen molar-refractivity contribution in [1.29, 1.82) is 0 Å². The van der Waals surface area contributed by atoms with E-state index in [4.69, 9.17) is 11.6 Å². The van der Waals surface area contributed by atoms with Crippen LogP contribution in [0.25, 0.3) is 5.69 Å². The number of aromatic nitrogens is 3. The second-order valence-corrected chi connectivity index (χ2v) is 5.10. The SMILES string of the molecule is OCc1nnc(Cc2ccc(Cl)cc2)n1-c1ccccc1. The van der Waals surface area contributed by atoms with Gasteiger partial charge < -0.3 is 5.11 Å². The molecule has 0 saturated carbocycles. The topological polar surface area (TPSA) is 50.9 Å². The van der Waals surface area contributed by atoms with Crippen LogP contribution in [0.5, 0.6) is 0 Å². The third-order valence-electron chi connectivity index (χ3n) is 3.23. The standard InChI is InChI=1S/C16H14ClN3O/c17-13-8-6-12(7-9-13)10-15-18-19-16(11-21)20(15)14-4-2-1-3-5-14/h1-9,21H,10-11H2. The van der Waals surface area contributed by atoms with Crippen LogP contribution in [0.2, 0.25) is 5.02 Å². The monoisotopic (exact) mass is 299 g/mol. The zero-order valence-electron chi connectivity index (χ0n) is 11.3. The summed E-state index contributed by atoms with van der Waals surface area (Å²) in [5.74, 6) is 1.32. The zero-order chi connectivity index (χ0) is 14.7. The van der Waals surface area contributed by atoms with Crippen molar-refractivity contribution in [3.8, 4) is 5.69 Å². The lowest BCUT2D eigenvalue weighted by Gasteiger charge is -2.09. The van der Waals surface area contributed by atoms with E-state index in [2.05, 4.69) is 10.2 Å². The van der Waals surface area contributed by atoms with E-state index in [1.165, 1.54) is 0 Å². The van der Waals surface area contributed by atoms with Crippen molar-refractivity contribution in [3.05, 3.63) is 76.8 Å². The Hall–Kier alpha value is -2.17. The summed E-state index contributed by atoms with van der Waals surface area (Å²) in [7, 11) is 0. The molecule has 3 rings (SSSR count). The first-order valence-electron chi connectivity index (χ1n) is 6.62. The minimum absolute atomic E-state index is 0.150. The molecule has 0 bridgehead atoms. The summed E-state index contributed by atoms with van der Waals surface area (Å²) < 4.78 is 1.88. The Bertz CT molecular complexity index is 723. The second-order valence-electron chi connectivity index (χ2n) is 4.66. The quantitative estimate of drug-likeness (QED) is 0.806. The third-order valence-corrected chi connectivity index (χ3v) is 3.48. The van der Waals surface area contributed by atoms with Crippen LogP contribution in [0, 0.1) is 0 Å². The van der Waals surface area contributed by atoms with Crippen LogP contribution in [0.3, 0.4) is 0 Å². The average Bonchev–Trinajstić information content (AvgIpc) is 2.93. The summed E-state index contributed by atoms with van der Waals surface area (Å²) >= 11 is 5.90. The molecule has 106 valence electrons. The van der Waals surface area contributed by atoms with Gasteiger partial charge in [-0.15, -0.1) is 10.2 Å². The van der Waals surface area contributed by atoms with Crippen molar-refractivity contribution in [3.63, 3.8) is 0 Å². The van der Waals surface area contributed by atoms with Crippen LogP contribution in [-0.4, -0.2) is 19.9 Å². The largest absolute Gasteiger partial charge is 0.388 e. The normalized spacial score (nSPS) is 10.8. The first-order valence-corrected chi connectivity index (χ1v) is 6.99. The summed E-state index contributed by atoms with van der Waals surface area (Å²) in [5, 5.41) is 18.4. The molecule has 3 aromatic rings. The van der Waals surface area contributed by atoms with Gasteiger partial charge in [-0.1, -0.05) is 41.9 Å². The van der Waals surface area contributed by atoms with Crippen LogP contribution in [-0.2, 0) is 13.0 Å². The molecule has 0 amide bonds. The van der Waals surface area contributed by atoms with Crippen molar-refractivity contribution < 1.29 is 5.11 Å². The highest BCUT2D eigenvalue weighted by Gasteiger charge is 2.13. The molecule has 0 aliphatic heterocycles. The van der Waals surface area contributed by atoms with Gasteiger partial charge >= 0.3 is 0 Å². The minimum Gasteiger partial charge on any atom is -0.388 e. The molecule has 0 atom stereocenters. The lowest BCUT2D eigenvalue weighted by molar-refractivity contribution is 0.268. The number of hydrogen-bond acceptors (Lipinski definition) is 3. The van der Waals surface area contributed by atoms with E-state index in [9.17, 15) is 5.11 Å². The molecule has 0 aliphatic carbocycles. The Morgan fingerprint density at radius 3 is 2.24 bits per heavy atom. The molecular weight excluding hydrogens is 286 g/mol. The molecular formula is C16H14ClN3O. The smallest absolute Gasteiger partial charge is 0.163 e. The predicted octanol–water partition coefficient (Wildman–Crippen LogP) is 3.00. The highest BCUT2D eigenvalue weighted by molar-refractivity contribution is 6.30. The number of aliphatic hydroxyl groups is 1. The Morgan fingerprint density at radius 2 is 1.57 bits per heavy atom. The van der Waals surface area contributed by atoms with Gasteiger partial charge in [0, 0.05) is 17.1 Å². The average molecular weight is 300 g/mol. The molecule has 0 saturated heterocycles. The summed E-state index contributed by atoms with van der Waals surface area (Å²) in [6.45, 7) is -0.150. The van der Waals surface area contributed by atoms with Crippen molar-refractivity contribution in [2.45, 2.75) is 13.0 Å². The fraction of sp³-hybridized carbons (Fsp3) is 0.125. The summed E-state index contributed by atoms with van der Waals surface area (Å²) in [6.07, 6.45) is 0.624. The molecule has 2 aromatic carbocycles. The van der Waals surface area contributed by atoms with Gasteiger partial charge in [-0.2, -0.15) is 0 Å². The van der Waals surface area contributed by atoms with E-state index in [1.807, 2.05) is 59.2 Å². The lowest BCUT2D eigenvalue weighted by Crippen LogP contribution is -2.06. The predicted molar refractivity (Wildman–Crippen MR) is 81.5 cm³/mol. The number of rotatable bonds is 4. The van der Waals surface area contributed by atoms with Crippen LogP contribution in [0.1, 0.15) is 17.2 Å². The Morgan fingerprint density at radius 1 is 0.905 bits per heavy atom. The van der Waals surface area contributed by atoms with Gasteiger partial charge in [-0.05, 0) is 29.8 Å². The van der Waals surface area contributed by atoms with Crippen molar-refractivity contribution >= 4 is 11.6 Å². The summed E-state index contributed by atoms with van der Waals surface area (Å²) in [5.41, 5.74) is 2.03. The summed E-state index contributed by atoms with van der Waals surface area (Å²) in [6, 6.07) is 17.4. The van der Waals surface area contributed by atoms with Crippen molar-refractivity contribution in [2.75, 3.05) is 0 Å². The molecule has 1 N–H and O–H groups in total. The molecule has 0 fully saturated rings. The molecule has 1 aromatic heterocycles. The molecule has 4 nitrogen and oxygen atoms in total. The number of benzene rings is 2. The van der Waals surface area contributed by atoms with Gasteiger partial charge in [0.2, 0.25) is 0 Å². The van der Waals surface area contributed by atoms with Crippen LogP contribution >= 0.6 is 11.6 Å². The number of para-hydroxylation sites is 1. The van der Waals surface area contributed by atoms with Crippen molar-refractivity contribution in [2.24, 2.45) is 0 Å². The van der Waals surface area contributed by atoms with E-state index in [-0.39, 0.29) is 6.61 Å². The first kappa shape index (κ1) is 13.8. The first-order chi connectivity index (χ1) is 10.3. The van der Waals surface area contributed by atoms with Gasteiger partial charge in [0.1, 0.15) is 12.4 Å². The maximum absolute atomic E-state index is 9.45. The Labute approximate surface area is 127 Å². The van der Waals surface area contributed by atoms with Crippen LogP contribution in [0.4, 0.5) is 0 Å². The number of halogens is 1. The van der Waals surface area contributed by atoms with Gasteiger partial charge in [0.05, 0.1) is 0 Å². The highest BCUT2D eigenvalue weighted by atomic mass is 35.5. The molecule has 0 spiro atoms. The van der Waals surface area contributed by atoms with Gasteiger partial charge in [-0.25, -0.2) is 0 Å². The maximum Gasteiger partial charge on any atom is 0.163 e. The molecule has 0 aliphatic rings. The van der Waals surface area contributed by atoms with E-state index >= 15 is 0 Å². The summed E-state index contributed by atoms with van der Waals surface area (Å²) in [4.78, 5) is 0. The second kappa shape index (κ2) is 6.08. The van der Waals surface area contributed by atoms with E-state index in [0.717, 1.165) is 17.1 Å². The van der Waals surface area contributed by atoms with Gasteiger partial charge in [-0.3, -0.25) is 4.57 Å². The third kappa shape index (κ3) is 2.96. The van der Waals surface area contributed by atoms with E-state index < -0.39 is 0 Å². The van der Waals surface area contributed by atoms with Gasteiger partial charge in [0.15, 0.2) is 5.82 Å². The number of aliphatic hydroxyl groups excluding tert-OH is 1. The molecule has 1 heterocycles. The Kier molecular flexibility index (Phi) is 3.99. The Balaban J connectivity index is 1.99.